The molecule has 29 heavy (non-hydrogen) atoms. The predicted octanol–water partition coefficient (Wildman–Crippen LogP) is 7.02. The fourth-order valence-electron chi connectivity index (χ4n) is 3.26. The number of carbonyl (C=O) groups excluding carboxylic acids is 1. The van der Waals surface area contributed by atoms with Crippen molar-refractivity contribution < 1.29 is 4.79 Å². The second-order valence-electron chi connectivity index (χ2n) is 7.30. The maximum atomic E-state index is 12.6. The number of carbonyl (C=O) groups is 1. The third kappa shape index (κ3) is 5.67. The van der Waals surface area contributed by atoms with Gasteiger partial charge < -0.3 is 10.6 Å². The smallest absolute Gasteiger partial charge is 0.227 e. The number of nitrogens with one attached hydrogen (secondary N) is 2. The molecule has 3 aromatic rings. The van der Waals surface area contributed by atoms with E-state index in [0.717, 1.165) is 53.4 Å². The summed E-state index contributed by atoms with van der Waals surface area (Å²) >= 11 is 1.58. The Morgan fingerprint density at radius 3 is 2.72 bits per heavy atom. The Kier molecular flexibility index (Phi) is 7.42. The molecule has 0 radical (unpaired) electrons. The Morgan fingerprint density at radius 2 is 1.97 bits per heavy atom. The predicted molar refractivity (Wildman–Crippen MR) is 124 cm³/mol. The number of anilines is 3. The molecule has 5 heteroatoms. The molecule has 2 aromatic carbocycles. The van der Waals surface area contributed by atoms with Gasteiger partial charge in [0.25, 0.3) is 0 Å². The summed E-state index contributed by atoms with van der Waals surface area (Å²) in [4.78, 5) is 17.3. The van der Waals surface area contributed by atoms with Crippen molar-refractivity contribution >= 4 is 33.8 Å². The van der Waals surface area contributed by atoms with Gasteiger partial charge in [0.1, 0.15) is 0 Å². The van der Waals surface area contributed by atoms with Gasteiger partial charge in [-0.1, -0.05) is 57.0 Å². The largest absolute Gasteiger partial charge is 0.331 e. The number of hydrogen-bond donors (Lipinski definition) is 2. The summed E-state index contributed by atoms with van der Waals surface area (Å²) in [6.45, 7) is 6.31. The van der Waals surface area contributed by atoms with E-state index in [-0.39, 0.29) is 11.8 Å². The maximum absolute atomic E-state index is 12.6. The van der Waals surface area contributed by atoms with Gasteiger partial charge >= 0.3 is 0 Å². The SMILES string of the molecule is CCCC[C@H](CC)C(=O)Nc1cccc(-c2csc(Nc3ccccc3C)n2)c1. The first-order valence-corrected chi connectivity index (χ1v) is 11.2. The van der Waals surface area contributed by atoms with Gasteiger partial charge in [-0.25, -0.2) is 4.98 Å². The zero-order valence-electron chi connectivity index (χ0n) is 17.4. The van der Waals surface area contributed by atoms with E-state index in [1.807, 2.05) is 41.8 Å². The minimum Gasteiger partial charge on any atom is -0.331 e. The summed E-state index contributed by atoms with van der Waals surface area (Å²) in [5.41, 5.74) is 4.97. The van der Waals surface area contributed by atoms with Gasteiger partial charge in [-0.15, -0.1) is 11.3 Å². The van der Waals surface area contributed by atoms with E-state index in [9.17, 15) is 4.79 Å². The van der Waals surface area contributed by atoms with Gasteiger partial charge in [0.2, 0.25) is 5.91 Å². The molecule has 0 unspecified atom stereocenters. The summed E-state index contributed by atoms with van der Waals surface area (Å²) in [7, 11) is 0. The van der Waals surface area contributed by atoms with E-state index in [0.29, 0.717) is 0 Å². The molecule has 0 saturated heterocycles. The van der Waals surface area contributed by atoms with Crippen LogP contribution in [0.2, 0.25) is 0 Å². The Bertz CT molecular complexity index is 951. The number of rotatable bonds is 9. The lowest BCUT2D eigenvalue weighted by molar-refractivity contribution is -0.120. The molecule has 4 nitrogen and oxygen atoms in total. The number of para-hydroxylation sites is 1. The maximum Gasteiger partial charge on any atom is 0.227 e. The molecule has 1 amide bonds. The van der Waals surface area contributed by atoms with E-state index < -0.39 is 0 Å². The van der Waals surface area contributed by atoms with Gasteiger partial charge in [0, 0.05) is 28.2 Å². The Hall–Kier alpha value is -2.66. The van der Waals surface area contributed by atoms with Gasteiger partial charge in [-0.3, -0.25) is 4.79 Å². The molecule has 1 atom stereocenters. The van der Waals surface area contributed by atoms with E-state index in [1.165, 1.54) is 5.56 Å². The van der Waals surface area contributed by atoms with Crippen molar-refractivity contribution in [3.63, 3.8) is 0 Å². The van der Waals surface area contributed by atoms with E-state index >= 15 is 0 Å². The van der Waals surface area contributed by atoms with Crippen molar-refractivity contribution in [2.45, 2.75) is 46.5 Å². The van der Waals surface area contributed by atoms with Crippen molar-refractivity contribution in [1.29, 1.82) is 0 Å². The molecule has 1 aromatic heterocycles. The van der Waals surface area contributed by atoms with Crippen molar-refractivity contribution in [1.82, 2.24) is 4.98 Å². The fourth-order valence-corrected chi connectivity index (χ4v) is 4.00. The van der Waals surface area contributed by atoms with Crippen molar-refractivity contribution in [2.24, 2.45) is 5.92 Å². The summed E-state index contributed by atoms with van der Waals surface area (Å²) in [6, 6.07) is 16.1. The van der Waals surface area contributed by atoms with Gasteiger partial charge in [0.15, 0.2) is 5.13 Å². The van der Waals surface area contributed by atoms with Gasteiger partial charge in [0.05, 0.1) is 5.69 Å². The third-order valence-electron chi connectivity index (χ3n) is 5.09. The average molecular weight is 408 g/mol. The fraction of sp³-hybridized carbons (Fsp3) is 0.333. The number of benzene rings is 2. The summed E-state index contributed by atoms with van der Waals surface area (Å²) in [5.74, 6) is 0.182. The highest BCUT2D eigenvalue weighted by molar-refractivity contribution is 7.14. The first-order chi connectivity index (χ1) is 14.1. The lowest BCUT2D eigenvalue weighted by Gasteiger charge is -2.15. The number of hydrogen-bond acceptors (Lipinski definition) is 4. The van der Waals surface area contributed by atoms with Crippen LogP contribution in [0.25, 0.3) is 11.3 Å². The number of aryl methyl sites for hydroxylation is 1. The highest BCUT2D eigenvalue weighted by atomic mass is 32.1. The molecule has 0 bridgehead atoms. The van der Waals surface area contributed by atoms with Gasteiger partial charge in [-0.2, -0.15) is 0 Å². The van der Waals surface area contributed by atoms with Crippen molar-refractivity contribution in [2.75, 3.05) is 10.6 Å². The number of aromatic nitrogens is 1. The molecule has 1 heterocycles. The molecule has 0 aliphatic rings. The molecule has 3 rings (SSSR count). The van der Waals surface area contributed by atoms with Crippen LogP contribution in [0.4, 0.5) is 16.5 Å². The van der Waals surface area contributed by atoms with Gasteiger partial charge in [-0.05, 0) is 43.5 Å². The zero-order valence-corrected chi connectivity index (χ0v) is 18.2. The van der Waals surface area contributed by atoms with E-state index in [2.05, 4.69) is 43.5 Å². The second-order valence-corrected chi connectivity index (χ2v) is 8.15. The highest BCUT2D eigenvalue weighted by Gasteiger charge is 2.16. The minimum atomic E-state index is 0.0720. The topological polar surface area (TPSA) is 54.0 Å². The monoisotopic (exact) mass is 407 g/mol. The number of thiazole rings is 1. The number of unbranched alkanes of at least 4 members (excludes halogenated alkanes) is 1. The summed E-state index contributed by atoms with van der Waals surface area (Å²) in [5, 5.41) is 9.37. The van der Waals surface area contributed by atoms with Crippen LogP contribution >= 0.6 is 11.3 Å². The quantitative estimate of drug-likeness (QED) is 0.401. The normalized spacial score (nSPS) is 11.8. The highest BCUT2D eigenvalue weighted by Crippen LogP contribution is 2.29. The Balaban J connectivity index is 1.70. The van der Waals surface area contributed by atoms with E-state index in [1.54, 1.807) is 11.3 Å². The Labute approximate surface area is 177 Å². The first-order valence-electron chi connectivity index (χ1n) is 10.3. The van der Waals surface area contributed by atoms with Crippen LogP contribution in [-0.2, 0) is 4.79 Å². The summed E-state index contributed by atoms with van der Waals surface area (Å²) in [6.07, 6.45) is 4.01. The van der Waals surface area contributed by atoms with Crippen LogP contribution in [0, 0.1) is 12.8 Å². The molecule has 0 aliphatic carbocycles. The van der Waals surface area contributed by atoms with Crippen LogP contribution in [0.15, 0.2) is 53.9 Å². The molecule has 2 N–H and O–H groups in total. The summed E-state index contributed by atoms with van der Waals surface area (Å²) < 4.78 is 0. The Morgan fingerprint density at radius 1 is 1.14 bits per heavy atom. The molecule has 152 valence electrons. The van der Waals surface area contributed by atoms with Crippen LogP contribution in [-0.4, -0.2) is 10.9 Å². The number of nitrogens with zero attached hydrogens (tertiary/aromatic N) is 1. The van der Waals surface area contributed by atoms with Crippen LogP contribution < -0.4 is 10.6 Å². The van der Waals surface area contributed by atoms with Crippen LogP contribution in [0.1, 0.15) is 45.1 Å². The molecule has 0 aliphatic heterocycles. The van der Waals surface area contributed by atoms with E-state index in [4.69, 9.17) is 4.98 Å². The lowest BCUT2D eigenvalue weighted by atomic mass is 9.98. The average Bonchev–Trinajstić information content (AvgIpc) is 3.19. The van der Waals surface area contributed by atoms with Crippen molar-refractivity contribution in [3.05, 3.63) is 59.5 Å². The first kappa shape index (κ1) is 21.1. The zero-order chi connectivity index (χ0) is 20.6. The molecule has 0 saturated carbocycles. The molecule has 0 fully saturated rings. The van der Waals surface area contributed by atoms with Crippen LogP contribution in [0.3, 0.4) is 0 Å². The third-order valence-corrected chi connectivity index (χ3v) is 5.84. The number of amides is 1. The second kappa shape index (κ2) is 10.2. The molecular weight excluding hydrogens is 378 g/mol. The minimum absolute atomic E-state index is 0.0720. The molecule has 0 spiro atoms. The van der Waals surface area contributed by atoms with Crippen LogP contribution in [0.5, 0.6) is 0 Å². The lowest BCUT2D eigenvalue weighted by Crippen LogP contribution is -2.22. The van der Waals surface area contributed by atoms with Crippen molar-refractivity contribution in [3.8, 4) is 11.3 Å². The standard InChI is InChI=1S/C24H29N3OS/c1-4-6-11-18(5-2)23(28)25-20-13-9-12-19(15-20)22-16-29-24(27-22)26-21-14-8-7-10-17(21)3/h7-10,12-16,18H,4-6,11H2,1-3H3,(H,25,28)(H,26,27)/t18-/m0/s1. The molecular formula is C24H29N3OS.